The molecule has 1 aromatic rings. The Morgan fingerprint density at radius 1 is 1.20 bits per heavy atom. The zero-order valence-corrected chi connectivity index (χ0v) is 11.2. The predicted octanol–water partition coefficient (Wildman–Crippen LogP) is 3.15. The first kappa shape index (κ1) is 13.6. The van der Waals surface area contributed by atoms with Crippen LogP contribution < -0.4 is 0 Å². The van der Waals surface area contributed by atoms with Crippen LogP contribution in [0.15, 0.2) is 0 Å². The van der Waals surface area contributed by atoms with Gasteiger partial charge in [0, 0.05) is 17.2 Å². The summed E-state index contributed by atoms with van der Waals surface area (Å²) in [6.07, 6.45) is 1.00. The molecule has 1 fully saturated rings. The van der Waals surface area contributed by atoms with E-state index in [1.165, 1.54) is 4.68 Å². The van der Waals surface area contributed by atoms with Crippen LogP contribution in [0, 0.1) is 5.92 Å². The summed E-state index contributed by atoms with van der Waals surface area (Å²) < 4.78 is 40.3. The van der Waals surface area contributed by atoms with Crippen LogP contribution in [-0.2, 0) is 30.4 Å². The Hall–Kier alpha value is -1.33. The molecule has 1 saturated carbocycles. The van der Waals surface area contributed by atoms with Crippen LogP contribution in [0.2, 0.25) is 0 Å². The predicted molar refractivity (Wildman–Crippen MR) is 66.2 cm³/mol. The summed E-state index contributed by atoms with van der Waals surface area (Å²) in [5.74, 6) is 0.0635. The molecule has 1 heterocycles. The van der Waals surface area contributed by atoms with Gasteiger partial charge >= 0.3 is 6.18 Å². The molecular formula is C14H17F3N2O. The molecule has 1 aromatic heterocycles. The quantitative estimate of drug-likeness (QED) is 0.855. The Balaban J connectivity index is 1.90. The van der Waals surface area contributed by atoms with E-state index in [0.29, 0.717) is 24.1 Å². The lowest BCUT2D eigenvalue weighted by Gasteiger charge is -2.24. The third-order valence-electron chi connectivity index (χ3n) is 4.39. The average molecular weight is 286 g/mol. The molecule has 2 aliphatic rings. The molecule has 2 aliphatic carbocycles. The first-order valence-corrected chi connectivity index (χ1v) is 7.15. The van der Waals surface area contributed by atoms with Crippen LogP contribution in [0.3, 0.4) is 0 Å². The molecule has 0 amide bonds. The number of rotatable bonds is 3. The second-order valence-corrected chi connectivity index (χ2v) is 5.73. The highest BCUT2D eigenvalue weighted by Crippen LogP contribution is 2.36. The molecule has 0 radical (unpaired) electrons. The molecular weight excluding hydrogens is 269 g/mol. The number of aromatic nitrogens is 2. The lowest BCUT2D eigenvalue weighted by atomic mass is 9.82. The van der Waals surface area contributed by atoms with Gasteiger partial charge in [0.05, 0.1) is 0 Å². The zero-order valence-electron chi connectivity index (χ0n) is 11.2. The lowest BCUT2D eigenvalue weighted by molar-refractivity contribution is -0.142. The van der Waals surface area contributed by atoms with Gasteiger partial charge in [0.1, 0.15) is 6.54 Å². The molecule has 0 atom stereocenters. The van der Waals surface area contributed by atoms with Crippen molar-refractivity contribution in [3.05, 3.63) is 17.0 Å². The van der Waals surface area contributed by atoms with E-state index in [9.17, 15) is 18.0 Å². The fourth-order valence-corrected chi connectivity index (χ4v) is 3.04. The molecule has 110 valence electrons. The van der Waals surface area contributed by atoms with Gasteiger partial charge in [-0.1, -0.05) is 6.42 Å². The van der Waals surface area contributed by atoms with Gasteiger partial charge in [0.2, 0.25) is 0 Å². The van der Waals surface area contributed by atoms with Crippen molar-refractivity contribution in [3.63, 3.8) is 0 Å². The molecule has 0 bridgehead atoms. The summed E-state index contributed by atoms with van der Waals surface area (Å²) >= 11 is 0. The Labute approximate surface area is 115 Å². The van der Waals surface area contributed by atoms with Crippen LogP contribution in [0.1, 0.15) is 49.1 Å². The zero-order chi connectivity index (χ0) is 14.3. The van der Waals surface area contributed by atoms with Crippen LogP contribution in [0.25, 0.3) is 0 Å². The van der Waals surface area contributed by atoms with Crippen molar-refractivity contribution >= 4 is 5.78 Å². The Morgan fingerprint density at radius 2 is 1.90 bits per heavy atom. The van der Waals surface area contributed by atoms with Gasteiger partial charge in [-0.3, -0.25) is 9.48 Å². The summed E-state index contributed by atoms with van der Waals surface area (Å²) in [7, 11) is 0. The third kappa shape index (κ3) is 2.36. The van der Waals surface area contributed by atoms with Crippen LogP contribution >= 0.6 is 0 Å². The Morgan fingerprint density at radius 3 is 2.50 bits per heavy atom. The number of hydrogen-bond donors (Lipinski definition) is 0. The van der Waals surface area contributed by atoms with Crippen LogP contribution in [-0.4, -0.2) is 15.6 Å². The molecule has 0 unspecified atom stereocenters. The number of halogens is 3. The van der Waals surface area contributed by atoms with Gasteiger partial charge in [0.25, 0.3) is 0 Å². The molecule has 0 N–H and O–H groups in total. The second-order valence-electron chi connectivity index (χ2n) is 5.73. The number of nitrogens with zero attached hydrogens (tertiary/aromatic N) is 2. The highest BCUT2D eigenvalue weighted by atomic mass is 19.4. The summed E-state index contributed by atoms with van der Waals surface area (Å²) in [5.41, 5.74) is 0.148. The summed E-state index contributed by atoms with van der Waals surface area (Å²) in [6.45, 7) is 0.00306. The largest absolute Gasteiger partial charge is 0.435 e. The van der Waals surface area contributed by atoms with Gasteiger partial charge in [-0.2, -0.15) is 18.3 Å². The Bertz CT molecular complexity index is 529. The lowest BCUT2D eigenvalue weighted by Crippen LogP contribution is -2.27. The maximum absolute atomic E-state index is 13.0. The Kier molecular flexibility index (Phi) is 3.34. The molecule has 20 heavy (non-hydrogen) atoms. The van der Waals surface area contributed by atoms with Gasteiger partial charge in [-0.05, 0) is 38.5 Å². The van der Waals surface area contributed by atoms with Gasteiger partial charge < -0.3 is 0 Å². The van der Waals surface area contributed by atoms with Crippen molar-refractivity contribution < 1.29 is 18.0 Å². The van der Waals surface area contributed by atoms with Crippen molar-refractivity contribution in [2.75, 3.05) is 0 Å². The van der Waals surface area contributed by atoms with Gasteiger partial charge in [-0.15, -0.1) is 0 Å². The number of ketones is 1. The number of carbonyl (C=O) groups excluding carboxylic acids is 1. The second kappa shape index (κ2) is 4.90. The van der Waals surface area contributed by atoms with E-state index in [0.717, 1.165) is 32.1 Å². The van der Waals surface area contributed by atoms with E-state index in [4.69, 9.17) is 0 Å². The highest BCUT2D eigenvalue weighted by molar-refractivity contribution is 5.81. The van der Waals surface area contributed by atoms with Crippen molar-refractivity contribution in [1.29, 1.82) is 0 Å². The summed E-state index contributed by atoms with van der Waals surface area (Å²) in [5, 5.41) is 3.71. The topological polar surface area (TPSA) is 34.9 Å². The highest BCUT2D eigenvalue weighted by Gasteiger charge is 2.40. The van der Waals surface area contributed by atoms with Crippen molar-refractivity contribution in [1.82, 2.24) is 9.78 Å². The van der Waals surface area contributed by atoms with Crippen LogP contribution in [0.5, 0.6) is 0 Å². The van der Waals surface area contributed by atoms with E-state index < -0.39 is 11.9 Å². The minimum Gasteiger partial charge on any atom is -0.297 e. The number of alkyl halides is 3. The fourth-order valence-electron chi connectivity index (χ4n) is 3.04. The standard InChI is InChI=1S/C14H17F3N2O/c15-14(16,17)13-10-6-1-2-7-11(10)19(18-13)8-12(20)9-4-3-5-9/h9H,1-8H2. The van der Waals surface area contributed by atoms with Gasteiger partial charge in [0.15, 0.2) is 11.5 Å². The molecule has 0 spiro atoms. The third-order valence-corrected chi connectivity index (χ3v) is 4.39. The van der Waals surface area contributed by atoms with E-state index in [1.807, 2.05) is 0 Å². The molecule has 0 saturated heterocycles. The van der Waals surface area contributed by atoms with E-state index >= 15 is 0 Å². The molecule has 6 heteroatoms. The maximum atomic E-state index is 13.0. The number of hydrogen-bond acceptors (Lipinski definition) is 2. The molecule has 3 rings (SSSR count). The smallest absolute Gasteiger partial charge is 0.297 e. The fraction of sp³-hybridized carbons (Fsp3) is 0.714. The summed E-state index contributed by atoms with van der Waals surface area (Å²) in [4.78, 5) is 12.0. The molecule has 3 nitrogen and oxygen atoms in total. The average Bonchev–Trinajstić information content (AvgIpc) is 2.66. The minimum atomic E-state index is -4.42. The monoisotopic (exact) mass is 286 g/mol. The molecule has 0 aromatic carbocycles. The van der Waals surface area contributed by atoms with Crippen molar-refractivity contribution in [2.45, 2.75) is 57.7 Å². The van der Waals surface area contributed by atoms with Crippen molar-refractivity contribution in [3.8, 4) is 0 Å². The summed E-state index contributed by atoms with van der Waals surface area (Å²) in [6, 6.07) is 0. The maximum Gasteiger partial charge on any atom is 0.435 e. The van der Waals surface area contributed by atoms with E-state index in [-0.39, 0.29) is 18.2 Å². The van der Waals surface area contributed by atoms with E-state index in [2.05, 4.69) is 5.10 Å². The molecule has 0 aliphatic heterocycles. The number of Topliss-reactive ketones (excluding diaryl/α,β-unsaturated/α-hetero) is 1. The first-order valence-electron chi connectivity index (χ1n) is 7.15. The van der Waals surface area contributed by atoms with Crippen LogP contribution in [0.4, 0.5) is 13.2 Å². The normalized spacial score (nSPS) is 19.6. The SMILES string of the molecule is O=C(Cn1nc(C(F)(F)F)c2c1CCCC2)C1CCC1. The van der Waals surface area contributed by atoms with Gasteiger partial charge in [-0.25, -0.2) is 0 Å². The first-order chi connectivity index (χ1) is 9.47. The minimum absolute atomic E-state index is 0.00306. The number of carbonyl (C=O) groups is 1. The van der Waals surface area contributed by atoms with E-state index in [1.54, 1.807) is 0 Å². The van der Waals surface area contributed by atoms with Crippen molar-refractivity contribution in [2.24, 2.45) is 5.92 Å². The number of fused-ring (bicyclic) bond motifs is 1.